The van der Waals surface area contributed by atoms with E-state index >= 15 is 0 Å². The number of carbonyl (C=O) groups is 1. The van der Waals surface area contributed by atoms with E-state index in [1.807, 2.05) is 13.8 Å². The molecule has 0 saturated heterocycles. The van der Waals surface area contributed by atoms with Crippen molar-refractivity contribution < 1.29 is 14.1 Å². The summed E-state index contributed by atoms with van der Waals surface area (Å²) in [7, 11) is 0. The summed E-state index contributed by atoms with van der Waals surface area (Å²) in [6.45, 7) is 8.07. The number of esters is 1. The van der Waals surface area contributed by atoms with E-state index in [0.29, 0.717) is 30.4 Å². The number of nitrogens with zero attached hydrogens (tertiary/aromatic N) is 3. The van der Waals surface area contributed by atoms with Crippen LogP contribution in [0.25, 0.3) is 0 Å². The number of hydrogen-bond donors (Lipinski definition) is 1. The lowest BCUT2D eigenvalue weighted by Gasteiger charge is -2.08. The highest BCUT2D eigenvalue weighted by Crippen LogP contribution is 2.14. The third-order valence-electron chi connectivity index (χ3n) is 3.08. The number of aromatic nitrogens is 3. The summed E-state index contributed by atoms with van der Waals surface area (Å²) in [5.74, 6) is 0.799. The normalized spacial score (nSPS) is 10.5. The largest absolute Gasteiger partial charge is 0.462 e. The van der Waals surface area contributed by atoms with E-state index in [1.165, 1.54) is 6.20 Å². The van der Waals surface area contributed by atoms with Gasteiger partial charge in [-0.15, -0.1) is 0 Å². The van der Waals surface area contributed by atoms with Crippen LogP contribution in [0, 0.1) is 20.8 Å². The summed E-state index contributed by atoms with van der Waals surface area (Å²) < 4.78 is 10.0. The number of ether oxygens (including phenoxy) is 1. The molecule has 0 bridgehead atoms. The SMILES string of the molecule is CCOC(=O)c1cnc(NCc2c(C)noc2C)nc1C. The van der Waals surface area contributed by atoms with Gasteiger partial charge in [0.05, 0.1) is 23.6 Å². The van der Waals surface area contributed by atoms with E-state index in [4.69, 9.17) is 9.26 Å². The summed E-state index contributed by atoms with van der Waals surface area (Å²) in [6, 6.07) is 0. The van der Waals surface area contributed by atoms with Crippen LogP contribution in [-0.2, 0) is 11.3 Å². The molecular formula is C14H18N4O3. The molecule has 112 valence electrons. The fourth-order valence-electron chi connectivity index (χ4n) is 1.88. The van der Waals surface area contributed by atoms with Crippen LogP contribution in [0.1, 0.15) is 40.0 Å². The second-order valence-electron chi connectivity index (χ2n) is 4.57. The van der Waals surface area contributed by atoms with Crippen LogP contribution in [0.15, 0.2) is 10.7 Å². The van der Waals surface area contributed by atoms with Crippen molar-refractivity contribution in [1.29, 1.82) is 0 Å². The average molecular weight is 290 g/mol. The van der Waals surface area contributed by atoms with Crippen LogP contribution < -0.4 is 5.32 Å². The molecule has 7 heteroatoms. The van der Waals surface area contributed by atoms with Gasteiger partial charge in [-0.2, -0.15) is 0 Å². The minimum Gasteiger partial charge on any atom is -0.462 e. The number of nitrogens with one attached hydrogen (secondary N) is 1. The van der Waals surface area contributed by atoms with Crippen LogP contribution in [0.3, 0.4) is 0 Å². The molecule has 0 spiro atoms. The minimum atomic E-state index is -0.410. The summed E-state index contributed by atoms with van der Waals surface area (Å²) in [5.41, 5.74) is 2.76. The Labute approximate surface area is 122 Å². The summed E-state index contributed by atoms with van der Waals surface area (Å²) in [5, 5.41) is 6.98. The Morgan fingerprint density at radius 2 is 2.10 bits per heavy atom. The van der Waals surface area contributed by atoms with Crippen molar-refractivity contribution in [3.63, 3.8) is 0 Å². The molecule has 0 aliphatic rings. The molecule has 0 aliphatic heterocycles. The summed E-state index contributed by atoms with van der Waals surface area (Å²) in [6.07, 6.45) is 1.47. The molecule has 0 radical (unpaired) electrons. The predicted molar refractivity (Wildman–Crippen MR) is 76.0 cm³/mol. The average Bonchev–Trinajstić information content (AvgIpc) is 2.76. The van der Waals surface area contributed by atoms with Crippen LogP contribution in [0.5, 0.6) is 0 Å². The lowest BCUT2D eigenvalue weighted by atomic mass is 10.2. The molecule has 2 aromatic heterocycles. The second-order valence-corrected chi connectivity index (χ2v) is 4.57. The summed E-state index contributed by atoms with van der Waals surface area (Å²) >= 11 is 0. The first kappa shape index (κ1) is 15.0. The van der Waals surface area contributed by atoms with Gasteiger partial charge in [-0.25, -0.2) is 14.8 Å². The van der Waals surface area contributed by atoms with Gasteiger partial charge < -0.3 is 14.6 Å². The van der Waals surface area contributed by atoms with Crippen LogP contribution >= 0.6 is 0 Å². The second kappa shape index (κ2) is 6.34. The highest BCUT2D eigenvalue weighted by molar-refractivity contribution is 5.90. The molecule has 0 saturated carbocycles. The predicted octanol–water partition coefficient (Wildman–Crippen LogP) is 2.18. The molecular weight excluding hydrogens is 272 g/mol. The number of rotatable bonds is 5. The maximum Gasteiger partial charge on any atom is 0.341 e. The highest BCUT2D eigenvalue weighted by Gasteiger charge is 2.13. The Balaban J connectivity index is 2.09. The maximum atomic E-state index is 11.7. The van der Waals surface area contributed by atoms with Gasteiger partial charge in [-0.3, -0.25) is 0 Å². The first-order chi connectivity index (χ1) is 10.0. The number of hydrogen-bond acceptors (Lipinski definition) is 7. The van der Waals surface area contributed by atoms with Crippen molar-refractivity contribution in [1.82, 2.24) is 15.1 Å². The standard InChI is InChI=1S/C14H18N4O3/c1-5-20-13(19)12-7-16-14(17-8(12)2)15-6-11-9(3)18-21-10(11)4/h7H,5-6H2,1-4H3,(H,15,16,17). The Morgan fingerprint density at radius 3 is 2.67 bits per heavy atom. The first-order valence-corrected chi connectivity index (χ1v) is 6.69. The Kier molecular flexibility index (Phi) is 4.52. The molecule has 0 amide bonds. The van der Waals surface area contributed by atoms with Gasteiger partial charge in [-0.05, 0) is 27.7 Å². The Morgan fingerprint density at radius 1 is 1.33 bits per heavy atom. The molecule has 2 rings (SSSR count). The van der Waals surface area contributed by atoms with Gasteiger partial charge in [0.15, 0.2) is 0 Å². The van der Waals surface area contributed by atoms with Crippen molar-refractivity contribution in [2.24, 2.45) is 0 Å². The third kappa shape index (κ3) is 3.36. The highest BCUT2D eigenvalue weighted by atomic mass is 16.5. The zero-order valence-electron chi connectivity index (χ0n) is 12.6. The van der Waals surface area contributed by atoms with Crippen LogP contribution in [-0.4, -0.2) is 27.7 Å². The Hall–Kier alpha value is -2.44. The first-order valence-electron chi connectivity index (χ1n) is 6.69. The van der Waals surface area contributed by atoms with Gasteiger partial charge in [0, 0.05) is 18.3 Å². The van der Waals surface area contributed by atoms with E-state index in [2.05, 4.69) is 20.4 Å². The molecule has 2 heterocycles. The molecule has 7 nitrogen and oxygen atoms in total. The van der Waals surface area contributed by atoms with Crippen LogP contribution in [0.4, 0.5) is 5.95 Å². The quantitative estimate of drug-likeness (QED) is 0.844. The van der Waals surface area contributed by atoms with Crippen molar-refractivity contribution in [3.05, 3.63) is 34.5 Å². The van der Waals surface area contributed by atoms with E-state index in [9.17, 15) is 4.79 Å². The van der Waals surface area contributed by atoms with Gasteiger partial charge >= 0.3 is 5.97 Å². The minimum absolute atomic E-state index is 0.324. The Bertz CT molecular complexity index is 632. The number of anilines is 1. The van der Waals surface area contributed by atoms with Gasteiger partial charge in [0.25, 0.3) is 0 Å². The molecule has 1 N–H and O–H groups in total. The van der Waals surface area contributed by atoms with Crippen molar-refractivity contribution in [3.8, 4) is 0 Å². The zero-order chi connectivity index (χ0) is 15.4. The molecule has 0 unspecified atom stereocenters. The van der Waals surface area contributed by atoms with Crippen LogP contribution in [0.2, 0.25) is 0 Å². The molecule has 0 atom stereocenters. The maximum absolute atomic E-state index is 11.7. The molecule has 21 heavy (non-hydrogen) atoms. The van der Waals surface area contributed by atoms with E-state index in [-0.39, 0.29) is 0 Å². The lowest BCUT2D eigenvalue weighted by Crippen LogP contribution is -2.11. The van der Waals surface area contributed by atoms with Gasteiger partial charge in [0.2, 0.25) is 5.95 Å². The van der Waals surface area contributed by atoms with Gasteiger partial charge in [-0.1, -0.05) is 5.16 Å². The molecule has 0 fully saturated rings. The van der Waals surface area contributed by atoms with E-state index in [1.54, 1.807) is 13.8 Å². The number of aryl methyl sites for hydroxylation is 3. The zero-order valence-corrected chi connectivity index (χ0v) is 12.6. The monoisotopic (exact) mass is 290 g/mol. The smallest absolute Gasteiger partial charge is 0.341 e. The number of carbonyl (C=O) groups excluding carboxylic acids is 1. The molecule has 2 aromatic rings. The van der Waals surface area contributed by atoms with Crippen molar-refractivity contribution in [2.75, 3.05) is 11.9 Å². The molecule has 0 aromatic carbocycles. The van der Waals surface area contributed by atoms with Gasteiger partial charge in [0.1, 0.15) is 5.76 Å². The fraction of sp³-hybridized carbons (Fsp3) is 0.429. The van der Waals surface area contributed by atoms with Crippen molar-refractivity contribution in [2.45, 2.75) is 34.2 Å². The fourth-order valence-corrected chi connectivity index (χ4v) is 1.88. The van der Waals surface area contributed by atoms with E-state index in [0.717, 1.165) is 17.0 Å². The topological polar surface area (TPSA) is 90.1 Å². The molecule has 0 aliphatic carbocycles. The van der Waals surface area contributed by atoms with E-state index < -0.39 is 5.97 Å². The lowest BCUT2D eigenvalue weighted by molar-refractivity contribution is 0.0524. The third-order valence-corrected chi connectivity index (χ3v) is 3.08. The van der Waals surface area contributed by atoms with Crippen molar-refractivity contribution >= 4 is 11.9 Å². The summed E-state index contributed by atoms with van der Waals surface area (Å²) in [4.78, 5) is 20.1.